The Morgan fingerprint density at radius 3 is 0.742 bits per heavy atom. The molecule has 16 nitrogen and oxygen atoms in total. The summed E-state index contributed by atoms with van der Waals surface area (Å²) in [5.41, 5.74) is 8.67. The van der Waals surface area contributed by atoms with Crippen molar-refractivity contribution in [3.8, 4) is 149 Å². The zero-order valence-corrected chi connectivity index (χ0v) is 68.0. The first-order valence-corrected chi connectivity index (χ1v) is 37.6. The van der Waals surface area contributed by atoms with E-state index in [4.69, 9.17) is 93.1 Å². The molecule has 2 aliphatic rings. The quantitative estimate of drug-likeness (QED) is 0.111. The standard InChI is InChI=1S/C56H28F4N8.2C14H7FN2.C8H2ClFN2.C6H7BO2.Zn/c57-45-25-41-37(21-33(45)29-13-5-1-6-14-29)49-61-53(41)66-50-39-23-35(31-17-9-3-10-18-31)47(59)27-43(39)55(63-50)68-52-40-24-36(32-19-11-4-12-20-32)48(60)28-44(40)56(64-52)67-51-38-22-34(30-15-7-2-8-16-30)46(58)26-42(38)54(62-51)65-49;2*15-14-7-12(9-17)11(8-16)6-13(14)10-4-2-1-3-5-10;9-7-1-5(3-11)6(4-12)2-8(7)10;8-7(9)6-4-2-1-3-5-6;/h1-28H;2*1-7H;1-2H;1-5,8-9H;/q-2;;;;;+2. The molecule has 2 aliphatic heterocycles. The zero-order valence-electron chi connectivity index (χ0n) is 64.3. The molecule has 2 N–H and O–H groups in total. The molecule has 0 saturated heterocycles. The molecule has 19 rings (SSSR count). The predicted octanol–water partition coefficient (Wildman–Crippen LogP) is 21.4. The van der Waals surface area contributed by atoms with Crippen LogP contribution >= 0.6 is 11.6 Å². The number of nitriles is 6. The fourth-order valence-corrected chi connectivity index (χ4v) is 13.8. The Kier molecular flexibility index (Phi) is 25.4. The van der Waals surface area contributed by atoms with Crippen LogP contribution in [0.1, 0.15) is 33.4 Å². The Labute approximate surface area is 720 Å². The molecule has 17 aromatic rings. The summed E-state index contributed by atoms with van der Waals surface area (Å²) in [4.78, 5) is 39.5. The van der Waals surface area contributed by atoms with Gasteiger partial charge in [0.15, 0.2) is 0 Å². The van der Waals surface area contributed by atoms with Gasteiger partial charge in [0.05, 0.1) is 61.7 Å². The number of nitrogens with zero attached hydrogens (tertiary/aromatic N) is 14. The van der Waals surface area contributed by atoms with E-state index in [-0.39, 0.29) is 104 Å². The van der Waals surface area contributed by atoms with E-state index in [1.165, 1.54) is 36.4 Å². The monoisotopic (exact) mass is 1700 g/mol. The second kappa shape index (κ2) is 37.4. The van der Waals surface area contributed by atoms with E-state index in [0.29, 0.717) is 116 Å². The van der Waals surface area contributed by atoms with Crippen molar-refractivity contribution in [1.82, 2.24) is 39.9 Å². The summed E-state index contributed by atoms with van der Waals surface area (Å²) < 4.78 is 106. The first-order valence-electron chi connectivity index (χ1n) is 37.2. The summed E-state index contributed by atoms with van der Waals surface area (Å²) in [5.74, 6) is -3.41. The maximum absolute atomic E-state index is 16.4. The molecule has 14 aromatic carbocycles. The van der Waals surface area contributed by atoms with Crippen molar-refractivity contribution in [2.24, 2.45) is 0 Å². The maximum Gasteiger partial charge on any atom is 2.00 e. The molecule has 0 spiro atoms. The summed E-state index contributed by atoms with van der Waals surface area (Å²) in [6, 6.07) is 92.8. The third kappa shape index (κ3) is 17.8. The molecule has 0 radical (unpaired) electrons. The van der Waals surface area contributed by atoms with Crippen molar-refractivity contribution < 1.29 is 60.3 Å². The molecule has 8 bridgehead atoms. The van der Waals surface area contributed by atoms with Gasteiger partial charge in [-0.05, 0) is 145 Å². The average molecular weight is 1700 g/mol. The van der Waals surface area contributed by atoms with E-state index in [2.05, 4.69) is 0 Å². The number of halogens is 8. The molecular weight excluding hydrogens is 1650 g/mol. The summed E-state index contributed by atoms with van der Waals surface area (Å²) >= 11 is 5.39. The Morgan fingerprint density at radius 1 is 0.250 bits per heavy atom. The van der Waals surface area contributed by atoms with Gasteiger partial charge >= 0.3 is 26.6 Å². The van der Waals surface area contributed by atoms with Crippen molar-refractivity contribution in [1.29, 1.82) is 31.6 Å². The second-order valence-electron chi connectivity index (χ2n) is 27.2. The molecule has 0 unspecified atom stereocenters. The first kappa shape index (κ1) is 84.2. The Morgan fingerprint density at radius 2 is 0.468 bits per heavy atom. The van der Waals surface area contributed by atoms with Gasteiger partial charge in [-0.2, -0.15) is 31.6 Å². The summed E-state index contributed by atoms with van der Waals surface area (Å²) in [6.45, 7) is 0. The zero-order chi connectivity index (χ0) is 86.0. The first-order chi connectivity index (χ1) is 59.8. The number of rotatable bonds is 7. The van der Waals surface area contributed by atoms with Crippen molar-refractivity contribution in [2.45, 2.75) is 0 Å². The molecule has 3 aromatic heterocycles. The summed E-state index contributed by atoms with van der Waals surface area (Å²) in [6.07, 6.45) is 0. The van der Waals surface area contributed by atoms with Crippen LogP contribution in [0, 0.1) is 109 Å². The smallest absolute Gasteiger partial charge is 0.423 e. The van der Waals surface area contributed by atoms with E-state index in [0.717, 1.165) is 24.3 Å². The van der Waals surface area contributed by atoms with E-state index in [9.17, 15) is 13.2 Å². The second-order valence-corrected chi connectivity index (χ2v) is 27.6. The topological polar surface area (TPSA) is 289 Å². The third-order valence-electron chi connectivity index (χ3n) is 19.7. The van der Waals surface area contributed by atoms with Gasteiger partial charge in [0.25, 0.3) is 0 Å². The van der Waals surface area contributed by atoms with Gasteiger partial charge in [-0.3, -0.25) is 0 Å². The van der Waals surface area contributed by atoms with Gasteiger partial charge in [0, 0.05) is 78.2 Å². The number of fused-ring (bicyclic) bond motifs is 20. The Balaban J connectivity index is 0.000000178. The minimum absolute atomic E-state index is 0. The minimum atomic E-state index is -1.34. The summed E-state index contributed by atoms with van der Waals surface area (Å²) in [5, 5.41) is 70.7. The third-order valence-corrected chi connectivity index (χ3v) is 19.9. The largest absolute Gasteiger partial charge is 2.00 e. The fourth-order valence-electron chi connectivity index (χ4n) is 13.6. The number of hydrogen-bond acceptors (Lipinski definition) is 14. The normalized spacial score (nSPS) is 10.5. The van der Waals surface area contributed by atoms with Crippen LogP contribution in [-0.2, 0) is 19.5 Å². The van der Waals surface area contributed by atoms with Crippen LogP contribution in [-0.4, -0.2) is 47.1 Å². The van der Waals surface area contributed by atoms with E-state index < -0.39 is 47.8 Å². The van der Waals surface area contributed by atoms with Gasteiger partial charge in [0.1, 0.15) is 77.1 Å². The van der Waals surface area contributed by atoms with Gasteiger partial charge in [-0.1, -0.05) is 224 Å². The van der Waals surface area contributed by atoms with Crippen LogP contribution in [0.25, 0.3) is 156 Å². The Bertz CT molecular complexity index is 7060. The fraction of sp³-hybridized carbons (Fsp3) is 0. The minimum Gasteiger partial charge on any atom is -0.423 e. The van der Waals surface area contributed by atoms with Gasteiger partial charge in [0.2, 0.25) is 0 Å². The molecular formula is C98H51BClF7N14O2Zn. The number of benzene rings is 14. The molecule has 0 saturated carbocycles. The van der Waals surface area contributed by atoms with Crippen LogP contribution in [0.5, 0.6) is 0 Å². The molecule has 0 aliphatic carbocycles. The van der Waals surface area contributed by atoms with Crippen molar-refractivity contribution in [3.63, 3.8) is 0 Å². The molecule has 586 valence electrons. The molecule has 5 heterocycles. The maximum atomic E-state index is 16.4. The van der Waals surface area contributed by atoms with Crippen LogP contribution in [0.15, 0.2) is 297 Å². The average Bonchev–Trinajstić information content (AvgIpc) is 1.59. The molecule has 124 heavy (non-hydrogen) atoms. The van der Waals surface area contributed by atoms with Crippen LogP contribution < -0.4 is 15.4 Å². The van der Waals surface area contributed by atoms with Gasteiger partial charge in [-0.25, -0.2) is 40.7 Å². The SMILES string of the molecule is Fc1cc2c(cc1-c1ccccc1)-c1nc-2nc2[n-]c(nc3nc(nc4[n-]c(n1)c1cc(F)c(-c5ccccc5)cc41)-c1cc(F)c(-c4ccccc4)cc1-3)c1cc(F)c(-c3ccccc3)cc21.N#Cc1cc(F)c(-c2ccccc2)cc1C#N.N#Cc1cc(F)c(-c2ccccc2)cc1C#N.N#Cc1cc(F)c(Cl)cc1C#N.OB(O)c1ccccc1.[Zn+2]. The molecule has 26 heteroatoms. The summed E-state index contributed by atoms with van der Waals surface area (Å²) in [7, 11) is -1.34. The van der Waals surface area contributed by atoms with Crippen LogP contribution in [0.3, 0.4) is 0 Å². The van der Waals surface area contributed by atoms with E-state index in [1.807, 2.05) is 103 Å². The van der Waals surface area contributed by atoms with Crippen molar-refractivity contribution in [3.05, 3.63) is 376 Å². The van der Waals surface area contributed by atoms with Crippen LogP contribution in [0.2, 0.25) is 5.02 Å². The van der Waals surface area contributed by atoms with Crippen LogP contribution in [0.4, 0.5) is 30.7 Å². The van der Waals surface area contributed by atoms with Crippen molar-refractivity contribution >= 4 is 68.3 Å². The predicted molar refractivity (Wildman–Crippen MR) is 455 cm³/mol. The number of hydrogen-bond donors (Lipinski definition) is 2. The molecule has 0 amide bonds. The van der Waals surface area contributed by atoms with Gasteiger partial charge < -0.3 is 40.0 Å². The number of aromatic nitrogens is 8. The van der Waals surface area contributed by atoms with E-state index in [1.54, 1.807) is 170 Å². The molecule has 0 fully saturated rings. The van der Waals surface area contributed by atoms with Crippen molar-refractivity contribution in [2.75, 3.05) is 0 Å². The van der Waals surface area contributed by atoms with E-state index >= 15 is 17.6 Å². The molecule has 0 atom stereocenters. The van der Waals surface area contributed by atoms with Gasteiger partial charge in [-0.15, -0.1) is 0 Å². The Hall–Kier alpha value is -16.2.